The van der Waals surface area contributed by atoms with E-state index in [2.05, 4.69) is 16.4 Å². The molecule has 0 spiro atoms. The van der Waals surface area contributed by atoms with Crippen molar-refractivity contribution in [2.24, 2.45) is 0 Å². The number of nitrogens with zero attached hydrogens (tertiary/aromatic N) is 1. The number of rotatable bonds is 2. The molecule has 0 radical (unpaired) electrons. The smallest absolute Gasteiger partial charge is 0.0531 e. The maximum absolute atomic E-state index is 5.36. The second kappa shape index (κ2) is 4.42. The van der Waals surface area contributed by atoms with Crippen LogP contribution < -0.4 is 5.32 Å². The molecule has 0 saturated carbocycles. The van der Waals surface area contributed by atoms with Crippen molar-refractivity contribution in [1.82, 2.24) is 4.98 Å². The van der Waals surface area contributed by atoms with Gasteiger partial charge in [-0.25, -0.2) is 0 Å². The van der Waals surface area contributed by atoms with Gasteiger partial charge in [-0.05, 0) is 43.7 Å². The van der Waals surface area contributed by atoms with Crippen LogP contribution in [-0.2, 0) is 17.6 Å². The molecule has 86 valence electrons. The molecule has 0 atom stereocenters. The molecule has 0 amide bonds. The van der Waals surface area contributed by atoms with Crippen molar-refractivity contribution < 1.29 is 4.74 Å². The lowest BCUT2D eigenvalue weighted by Gasteiger charge is -2.24. The van der Waals surface area contributed by atoms with E-state index >= 15 is 0 Å². The molecule has 16 heavy (non-hydrogen) atoms. The van der Waals surface area contributed by atoms with Gasteiger partial charge in [0.05, 0.1) is 11.9 Å². The molecule has 1 aliphatic carbocycles. The fourth-order valence-electron chi connectivity index (χ4n) is 2.58. The zero-order chi connectivity index (χ0) is 10.8. The van der Waals surface area contributed by atoms with Crippen molar-refractivity contribution in [1.29, 1.82) is 0 Å². The molecule has 1 N–H and O–H groups in total. The normalized spacial score (nSPS) is 20.8. The Labute approximate surface area is 96.2 Å². The summed E-state index contributed by atoms with van der Waals surface area (Å²) in [7, 11) is 0. The number of hydrogen-bond donors (Lipinski definition) is 1. The van der Waals surface area contributed by atoms with Crippen LogP contribution in [0.4, 0.5) is 5.69 Å². The van der Waals surface area contributed by atoms with Gasteiger partial charge in [0.25, 0.3) is 0 Å². The third-order valence-corrected chi connectivity index (χ3v) is 3.51. The summed E-state index contributed by atoms with van der Waals surface area (Å²) < 4.78 is 5.36. The molecule has 0 unspecified atom stereocenters. The molecule has 1 aromatic heterocycles. The van der Waals surface area contributed by atoms with Crippen LogP contribution in [0.25, 0.3) is 0 Å². The van der Waals surface area contributed by atoms with E-state index in [1.54, 1.807) is 0 Å². The molecule has 1 fully saturated rings. The molecule has 3 heteroatoms. The molecule has 1 aromatic rings. The number of anilines is 1. The van der Waals surface area contributed by atoms with E-state index in [4.69, 9.17) is 4.74 Å². The highest BCUT2D eigenvalue weighted by Gasteiger charge is 2.16. The minimum Gasteiger partial charge on any atom is -0.381 e. The molecule has 3 rings (SSSR count). The Bertz CT molecular complexity index is 372. The zero-order valence-corrected chi connectivity index (χ0v) is 9.54. The minimum atomic E-state index is 0.565. The maximum atomic E-state index is 5.36. The highest BCUT2D eigenvalue weighted by atomic mass is 16.5. The summed E-state index contributed by atoms with van der Waals surface area (Å²) >= 11 is 0. The summed E-state index contributed by atoms with van der Waals surface area (Å²) in [6, 6.07) is 2.85. The van der Waals surface area contributed by atoms with Crippen LogP contribution in [-0.4, -0.2) is 24.2 Å². The fourth-order valence-corrected chi connectivity index (χ4v) is 2.58. The Kier molecular flexibility index (Phi) is 2.79. The van der Waals surface area contributed by atoms with Crippen molar-refractivity contribution >= 4 is 5.69 Å². The molecule has 1 aliphatic heterocycles. The van der Waals surface area contributed by atoms with Gasteiger partial charge in [-0.2, -0.15) is 0 Å². The topological polar surface area (TPSA) is 34.2 Å². The van der Waals surface area contributed by atoms with Crippen molar-refractivity contribution in [3.05, 3.63) is 23.5 Å². The molecule has 0 bridgehead atoms. The molecule has 2 heterocycles. The first-order chi connectivity index (χ1) is 7.92. The molecule has 0 aromatic carbocycles. The number of pyridine rings is 1. The summed E-state index contributed by atoms with van der Waals surface area (Å²) in [5.41, 5.74) is 3.93. The van der Waals surface area contributed by atoms with Crippen molar-refractivity contribution in [2.75, 3.05) is 18.5 Å². The average Bonchev–Trinajstić information content (AvgIpc) is 2.77. The van der Waals surface area contributed by atoms with Crippen LogP contribution in [0.1, 0.15) is 30.5 Å². The third kappa shape index (κ3) is 2.05. The Morgan fingerprint density at radius 2 is 2.12 bits per heavy atom. The van der Waals surface area contributed by atoms with Crippen molar-refractivity contribution in [3.8, 4) is 0 Å². The van der Waals surface area contributed by atoms with Crippen LogP contribution in [0, 0.1) is 0 Å². The van der Waals surface area contributed by atoms with Crippen LogP contribution in [0.3, 0.4) is 0 Å². The van der Waals surface area contributed by atoms with Gasteiger partial charge in [-0.15, -0.1) is 0 Å². The lowest BCUT2D eigenvalue weighted by molar-refractivity contribution is 0.0904. The number of hydrogen-bond acceptors (Lipinski definition) is 3. The maximum Gasteiger partial charge on any atom is 0.0531 e. The first-order valence-corrected chi connectivity index (χ1v) is 6.24. The first kappa shape index (κ1) is 10.1. The van der Waals surface area contributed by atoms with Crippen LogP contribution >= 0.6 is 0 Å². The Morgan fingerprint density at radius 1 is 1.25 bits per heavy atom. The van der Waals surface area contributed by atoms with Crippen LogP contribution in [0.2, 0.25) is 0 Å². The highest BCUT2D eigenvalue weighted by Crippen LogP contribution is 2.23. The van der Waals surface area contributed by atoms with E-state index in [0.29, 0.717) is 6.04 Å². The monoisotopic (exact) mass is 218 g/mol. The van der Waals surface area contributed by atoms with E-state index in [0.717, 1.165) is 32.5 Å². The van der Waals surface area contributed by atoms with E-state index in [-0.39, 0.29) is 0 Å². The predicted molar refractivity (Wildman–Crippen MR) is 63.7 cm³/mol. The highest BCUT2D eigenvalue weighted by molar-refractivity contribution is 5.46. The number of ether oxygens (including phenoxy) is 1. The Morgan fingerprint density at radius 3 is 3.00 bits per heavy atom. The van der Waals surface area contributed by atoms with Gasteiger partial charge < -0.3 is 10.1 Å². The van der Waals surface area contributed by atoms with Crippen molar-refractivity contribution in [2.45, 2.75) is 38.1 Å². The van der Waals surface area contributed by atoms with Gasteiger partial charge in [0.2, 0.25) is 0 Å². The third-order valence-electron chi connectivity index (χ3n) is 3.51. The molecular formula is C13H18N2O. The molecule has 3 nitrogen and oxygen atoms in total. The van der Waals surface area contributed by atoms with E-state index in [1.165, 1.54) is 29.8 Å². The lowest BCUT2D eigenvalue weighted by Crippen LogP contribution is -2.27. The van der Waals surface area contributed by atoms with Gasteiger partial charge in [-0.3, -0.25) is 4.98 Å². The average molecular weight is 218 g/mol. The van der Waals surface area contributed by atoms with Crippen molar-refractivity contribution in [3.63, 3.8) is 0 Å². The van der Waals surface area contributed by atoms with Gasteiger partial charge in [0.1, 0.15) is 0 Å². The van der Waals surface area contributed by atoms with E-state index < -0.39 is 0 Å². The Balaban J connectivity index is 1.69. The van der Waals surface area contributed by atoms with E-state index in [1.807, 2.05) is 6.20 Å². The number of aromatic nitrogens is 1. The van der Waals surface area contributed by atoms with Gasteiger partial charge in [0.15, 0.2) is 0 Å². The summed E-state index contributed by atoms with van der Waals surface area (Å²) in [5.74, 6) is 0. The largest absolute Gasteiger partial charge is 0.381 e. The number of aryl methyl sites for hydroxylation is 2. The van der Waals surface area contributed by atoms with Gasteiger partial charge in [-0.1, -0.05) is 0 Å². The minimum absolute atomic E-state index is 0.565. The van der Waals surface area contributed by atoms with Crippen LogP contribution in [0.15, 0.2) is 12.3 Å². The Hall–Kier alpha value is -1.09. The second-order valence-electron chi connectivity index (χ2n) is 4.71. The molecule has 1 saturated heterocycles. The standard InChI is InChI=1S/C13H18N2O/c1-2-10-8-12(9-14-13(10)3-1)15-11-4-6-16-7-5-11/h8-9,11,15H,1-7H2. The molecular weight excluding hydrogens is 200 g/mol. The summed E-state index contributed by atoms with van der Waals surface area (Å²) in [6.45, 7) is 1.77. The first-order valence-electron chi connectivity index (χ1n) is 6.24. The van der Waals surface area contributed by atoms with Gasteiger partial charge >= 0.3 is 0 Å². The SMILES string of the molecule is c1nc2c(cc1NC1CCOCC1)CCC2. The lowest BCUT2D eigenvalue weighted by atomic mass is 10.1. The zero-order valence-electron chi connectivity index (χ0n) is 9.54. The summed E-state index contributed by atoms with van der Waals surface area (Å²) in [4.78, 5) is 4.53. The fraction of sp³-hybridized carbons (Fsp3) is 0.615. The number of fused-ring (bicyclic) bond motifs is 1. The summed E-state index contributed by atoms with van der Waals surface area (Å²) in [5, 5.41) is 3.57. The van der Waals surface area contributed by atoms with Crippen LogP contribution in [0.5, 0.6) is 0 Å². The molecule has 2 aliphatic rings. The van der Waals surface area contributed by atoms with E-state index in [9.17, 15) is 0 Å². The second-order valence-corrected chi connectivity index (χ2v) is 4.71. The predicted octanol–water partition coefficient (Wildman–Crippen LogP) is 2.16. The number of nitrogens with one attached hydrogen (secondary N) is 1. The summed E-state index contributed by atoms with van der Waals surface area (Å²) in [6.07, 6.45) is 7.83. The quantitative estimate of drug-likeness (QED) is 0.826. The van der Waals surface area contributed by atoms with Gasteiger partial charge in [0, 0.05) is 24.9 Å².